The standard InChI is InChI=1S/C26H28N4O3S/c1-4-6-9-17-34-26-27-24-23(28-29-26)21-10-7-8-11-22(21)30(18(3)31)25(33-24)19-12-14-20(15-13-19)32-16-5-2/h5,7-8,10-15,25H,2,4,6,9,16-17H2,1,3H3/t25-/m1/s1. The molecule has 0 spiro atoms. The maximum Gasteiger partial charge on any atom is 0.247 e. The van der Waals surface area contributed by atoms with Crippen molar-refractivity contribution in [1.82, 2.24) is 15.2 Å². The van der Waals surface area contributed by atoms with E-state index >= 15 is 0 Å². The first kappa shape index (κ1) is 23.8. The molecule has 0 unspecified atom stereocenters. The zero-order valence-electron chi connectivity index (χ0n) is 19.4. The molecule has 1 atom stereocenters. The van der Waals surface area contributed by atoms with Gasteiger partial charge in [-0.3, -0.25) is 9.69 Å². The van der Waals surface area contributed by atoms with E-state index in [-0.39, 0.29) is 5.91 Å². The summed E-state index contributed by atoms with van der Waals surface area (Å²) in [5.41, 5.74) is 2.77. The monoisotopic (exact) mass is 476 g/mol. The molecule has 2 heterocycles. The zero-order chi connectivity index (χ0) is 23.9. The van der Waals surface area contributed by atoms with Gasteiger partial charge in [-0.2, -0.15) is 4.98 Å². The number of nitrogens with zero attached hydrogens (tertiary/aromatic N) is 4. The molecule has 0 aliphatic carbocycles. The Morgan fingerprint density at radius 2 is 1.97 bits per heavy atom. The normalized spacial score (nSPS) is 14.4. The van der Waals surface area contributed by atoms with Gasteiger partial charge in [-0.1, -0.05) is 62.4 Å². The second kappa shape index (κ2) is 11.2. The molecule has 0 N–H and O–H groups in total. The summed E-state index contributed by atoms with van der Waals surface area (Å²) in [5, 5.41) is 9.36. The molecule has 0 bridgehead atoms. The Kier molecular flexibility index (Phi) is 7.80. The first-order valence-electron chi connectivity index (χ1n) is 11.4. The minimum atomic E-state index is -0.719. The minimum absolute atomic E-state index is 0.153. The molecular formula is C26H28N4O3S. The van der Waals surface area contributed by atoms with Crippen molar-refractivity contribution < 1.29 is 14.3 Å². The number of carbonyl (C=O) groups excluding carboxylic acids is 1. The lowest BCUT2D eigenvalue weighted by Crippen LogP contribution is -2.36. The number of rotatable bonds is 9. The second-order valence-electron chi connectivity index (χ2n) is 7.85. The first-order valence-corrected chi connectivity index (χ1v) is 12.4. The van der Waals surface area contributed by atoms with Crippen molar-refractivity contribution in [3.63, 3.8) is 0 Å². The van der Waals surface area contributed by atoms with Crippen LogP contribution in [0.2, 0.25) is 0 Å². The highest BCUT2D eigenvalue weighted by atomic mass is 32.2. The molecule has 0 saturated heterocycles. The van der Waals surface area contributed by atoms with Gasteiger partial charge in [0.25, 0.3) is 0 Å². The largest absolute Gasteiger partial charge is 0.490 e. The van der Waals surface area contributed by atoms with Crippen LogP contribution in [0, 0.1) is 0 Å². The van der Waals surface area contributed by atoms with Gasteiger partial charge < -0.3 is 9.47 Å². The lowest BCUT2D eigenvalue weighted by molar-refractivity contribution is -0.118. The Bertz CT molecular complexity index is 1150. The molecule has 1 aliphatic heterocycles. The predicted molar refractivity (Wildman–Crippen MR) is 134 cm³/mol. The van der Waals surface area contributed by atoms with Gasteiger partial charge in [0.05, 0.1) is 5.69 Å². The molecule has 8 heteroatoms. The molecule has 1 aromatic heterocycles. The van der Waals surface area contributed by atoms with Crippen molar-refractivity contribution in [1.29, 1.82) is 0 Å². The van der Waals surface area contributed by atoms with Crippen LogP contribution in [0.5, 0.6) is 11.6 Å². The molecular weight excluding hydrogens is 448 g/mol. The fourth-order valence-electron chi connectivity index (χ4n) is 3.73. The van der Waals surface area contributed by atoms with Gasteiger partial charge >= 0.3 is 0 Å². The summed E-state index contributed by atoms with van der Waals surface area (Å²) in [7, 11) is 0. The SMILES string of the molecule is C=CCOc1ccc([C@H]2Oc3nc(SCCCCC)nnc3-c3ccccc3N2C(C)=O)cc1. The molecule has 1 aliphatic rings. The Hall–Kier alpha value is -3.39. The fraction of sp³-hybridized carbons (Fsp3) is 0.308. The van der Waals surface area contributed by atoms with Gasteiger partial charge in [0, 0.05) is 23.8 Å². The number of thioether (sulfide) groups is 1. The molecule has 3 aromatic rings. The van der Waals surface area contributed by atoms with Crippen LogP contribution in [0.1, 0.15) is 44.9 Å². The van der Waals surface area contributed by atoms with Crippen LogP contribution in [0.4, 0.5) is 5.69 Å². The number of aromatic nitrogens is 3. The van der Waals surface area contributed by atoms with E-state index in [4.69, 9.17) is 14.5 Å². The number of carbonyl (C=O) groups is 1. The number of hydrogen-bond donors (Lipinski definition) is 0. The van der Waals surface area contributed by atoms with E-state index in [0.29, 0.717) is 34.8 Å². The quantitative estimate of drug-likeness (QED) is 0.218. The number of para-hydroxylation sites is 1. The smallest absolute Gasteiger partial charge is 0.247 e. The fourth-order valence-corrected chi connectivity index (χ4v) is 4.51. The summed E-state index contributed by atoms with van der Waals surface area (Å²) in [6.07, 6.45) is 4.38. The molecule has 7 nitrogen and oxygen atoms in total. The van der Waals surface area contributed by atoms with Crippen LogP contribution < -0.4 is 14.4 Å². The summed E-state index contributed by atoms with van der Waals surface area (Å²) >= 11 is 1.57. The average molecular weight is 477 g/mol. The highest BCUT2D eigenvalue weighted by Crippen LogP contribution is 2.43. The topological polar surface area (TPSA) is 77.4 Å². The van der Waals surface area contributed by atoms with Gasteiger partial charge in [0.2, 0.25) is 23.2 Å². The zero-order valence-corrected chi connectivity index (χ0v) is 20.3. The first-order chi connectivity index (χ1) is 16.6. The third-order valence-electron chi connectivity index (χ3n) is 5.36. The van der Waals surface area contributed by atoms with Gasteiger partial charge in [0.1, 0.15) is 12.4 Å². The van der Waals surface area contributed by atoms with Crippen molar-refractivity contribution in [2.24, 2.45) is 0 Å². The van der Waals surface area contributed by atoms with Crippen LogP contribution in [0.3, 0.4) is 0 Å². The predicted octanol–water partition coefficient (Wildman–Crippen LogP) is 5.83. The number of unbranched alkanes of at least 4 members (excludes halogenated alkanes) is 2. The number of benzene rings is 2. The van der Waals surface area contributed by atoms with Crippen LogP contribution >= 0.6 is 11.8 Å². The lowest BCUT2D eigenvalue weighted by atomic mass is 10.1. The van der Waals surface area contributed by atoms with E-state index in [0.717, 1.165) is 36.1 Å². The number of amides is 1. The van der Waals surface area contributed by atoms with Crippen molar-refractivity contribution in [3.05, 3.63) is 66.7 Å². The van der Waals surface area contributed by atoms with Gasteiger partial charge in [-0.25, -0.2) is 0 Å². The van der Waals surface area contributed by atoms with Crippen molar-refractivity contribution >= 4 is 23.4 Å². The summed E-state index contributed by atoms with van der Waals surface area (Å²) in [4.78, 5) is 19.2. The third kappa shape index (κ3) is 5.22. The maximum absolute atomic E-state index is 12.9. The van der Waals surface area contributed by atoms with E-state index in [1.54, 1.807) is 22.7 Å². The van der Waals surface area contributed by atoms with E-state index in [9.17, 15) is 4.79 Å². The summed E-state index contributed by atoms with van der Waals surface area (Å²) in [6.45, 7) is 7.80. The molecule has 176 valence electrons. The summed E-state index contributed by atoms with van der Waals surface area (Å²) in [6, 6.07) is 15.1. The van der Waals surface area contributed by atoms with Crippen molar-refractivity contribution in [3.8, 4) is 22.9 Å². The van der Waals surface area contributed by atoms with Crippen LogP contribution in [0.15, 0.2) is 66.3 Å². The molecule has 0 fully saturated rings. The Balaban J connectivity index is 1.74. The summed E-state index contributed by atoms with van der Waals surface area (Å²) in [5.74, 6) is 1.84. The lowest BCUT2D eigenvalue weighted by Gasteiger charge is -2.30. The third-order valence-corrected chi connectivity index (χ3v) is 6.29. The maximum atomic E-state index is 12.9. The highest BCUT2D eigenvalue weighted by molar-refractivity contribution is 7.99. The Labute approximate surface area is 204 Å². The molecule has 4 rings (SSSR count). The van der Waals surface area contributed by atoms with Crippen LogP contribution in [0.25, 0.3) is 11.3 Å². The molecule has 0 radical (unpaired) electrons. The van der Waals surface area contributed by atoms with E-state index < -0.39 is 6.23 Å². The number of ether oxygens (including phenoxy) is 2. The molecule has 1 amide bonds. The number of fused-ring (bicyclic) bond motifs is 3. The van der Waals surface area contributed by atoms with Crippen LogP contribution in [-0.4, -0.2) is 33.4 Å². The van der Waals surface area contributed by atoms with Gasteiger partial charge in [-0.05, 0) is 36.8 Å². The molecule has 2 aromatic carbocycles. The van der Waals surface area contributed by atoms with E-state index in [2.05, 4.69) is 23.7 Å². The second-order valence-corrected chi connectivity index (χ2v) is 8.91. The molecule has 0 saturated carbocycles. The molecule has 34 heavy (non-hydrogen) atoms. The van der Waals surface area contributed by atoms with Crippen molar-refractivity contribution in [2.75, 3.05) is 17.3 Å². The van der Waals surface area contributed by atoms with E-state index in [1.807, 2.05) is 48.5 Å². The number of anilines is 1. The van der Waals surface area contributed by atoms with Gasteiger partial charge in [-0.15, -0.1) is 10.2 Å². The highest BCUT2D eigenvalue weighted by Gasteiger charge is 2.34. The van der Waals surface area contributed by atoms with E-state index in [1.165, 1.54) is 6.92 Å². The Morgan fingerprint density at radius 3 is 2.71 bits per heavy atom. The number of hydrogen-bond acceptors (Lipinski definition) is 7. The average Bonchev–Trinajstić information content (AvgIpc) is 3.00. The van der Waals surface area contributed by atoms with Crippen molar-refractivity contribution in [2.45, 2.75) is 44.5 Å². The Morgan fingerprint density at radius 1 is 1.18 bits per heavy atom. The van der Waals surface area contributed by atoms with Gasteiger partial charge in [0.15, 0.2) is 5.69 Å². The summed E-state index contributed by atoms with van der Waals surface area (Å²) < 4.78 is 12.0. The van der Waals surface area contributed by atoms with Crippen LogP contribution in [-0.2, 0) is 4.79 Å². The minimum Gasteiger partial charge on any atom is -0.490 e.